The molecule has 2 atom stereocenters. The lowest BCUT2D eigenvalue weighted by Gasteiger charge is -2.20. The molecule has 0 amide bonds. The summed E-state index contributed by atoms with van der Waals surface area (Å²) < 4.78 is 25.9. The van der Waals surface area contributed by atoms with Gasteiger partial charge in [0.2, 0.25) is 0 Å². The Hall–Kier alpha value is -2.48. The Morgan fingerprint density at radius 3 is 2.60 bits per heavy atom. The van der Waals surface area contributed by atoms with Crippen LogP contribution in [-0.4, -0.2) is 48.4 Å². The van der Waals surface area contributed by atoms with Crippen LogP contribution < -0.4 is 9.64 Å². The van der Waals surface area contributed by atoms with Crippen molar-refractivity contribution in [1.82, 2.24) is 9.97 Å². The van der Waals surface area contributed by atoms with E-state index in [-0.39, 0.29) is 12.2 Å². The molecule has 12 heteroatoms. The predicted molar refractivity (Wildman–Crippen MR) is 168 cm³/mol. The van der Waals surface area contributed by atoms with E-state index < -0.39 is 11.1 Å². The molecule has 0 saturated carbocycles. The molecule has 4 aromatic rings. The molecule has 0 aliphatic heterocycles. The van der Waals surface area contributed by atoms with E-state index in [4.69, 9.17) is 14.5 Å². The van der Waals surface area contributed by atoms with E-state index in [0.29, 0.717) is 34.8 Å². The number of carboxylic acid groups (broad SMARTS) is 1. The number of aromatic nitrogens is 2. The predicted octanol–water partition coefficient (Wildman–Crippen LogP) is 7.45. The minimum absolute atomic E-state index is 0.0916. The number of hydrogen-bond acceptors (Lipinski definition) is 8. The summed E-state index contributed by atoms with van der Waals surface area (Å²) in [5.74, 6) is -0.00909. The maximum atomic E-state index is 14.9. The summed E-state index contributed by atoms with van der Waals surface area (Å²) in [5.41, 5.74) is 2.74. The lowest BCUT2D eigenvalue weighted by atomic mass is 10.0. The van der Waals surface area contributed by atoms with E-state index in [1.165, 1.54) is 22.7 Å². The Bertz CT molecular complexity index is 1470. The summed E-state index contributed by atoms with van der Waals surface area (Å²) in [5, 5.41) is 10.8. The number of anilines is 2. The highest BCUT2D eigenvalue weighted by atomic mass is 32.1. The highest BCUT2D eigenvalue weighted by Crippen LogP contribution is 2.46. The number of rotatable bonds is 12. The summed E-state index contributed by atoms with van der Waals surface area (Å²) in [6.45, 7) is 4.89. The summed E-state index contributed by atoms with van der Waals surface area (Å²) in [4.78, 5) is 25.4. The normalized spacial score (nSPS) is 11.7. The van der Waals surface area contributed by atoms with Gasteiger partial charge in [-0.25, -0.2) is 19.2 Å². The topological polar surface area (TPSA) is 84.8 Å². The zero-order valence-electron chi connectivity index (χ0n) is 22.7. The fraction of sp³-hybridized carbons (Fsp3) is 0.321. The molecule has 0 fully saturated rings. The van der Waals surface area contributed by atoms with Gasteiger partial charge in [0.15, 0.2) is 10.3 Å². The number of thiazole rings is 1. The molecule has 0 bridgehead atoms. The van der Waals surface area contributed by atoms with Crippen molar-refractivity contribution in [2.45, 2.75) is 25.4 Å². The molecule has 3 heterocycles. The molecule has 0 spiro atoms. The van der Waals surface area contributed by atoms with Crippen molar-refractivity contribution in [2.75, 3.05) is 32.3 Å². The number of carbonyl (C=O) groups is 1. The van der Waals surface area contributed by atoms with Crippen molar-refractivity contribution in [3.8, 4) is 27.4 Å². The number of halogens is 1. The quantitative estimate of drug-likeness (QED) is 0.130. The molecule has 0 saturated heterocycles. The molecule has 2 unspecified atom stereocenters. The first-order chi connectivity index (χ1) is 19.0. The third kappa shape index (κ3) is 7.04. The Balaban J connectivity index is 1.77. The van der Waals surface area contributed by atoms with Crippen LogP contribution in [-0.2, 0) is 16.3 Å². The van der Waals surface area contributed by atoms with Gasteiger partial charge in [-0.2, -0.15) is 0 Å². The minimum atomic E-state index is -1.76. The summed E-state index contributed by atoms with van der Waals surface area (Å²) in [7, 11) is 7.71. The van der Waals surface area contributed by atoms with Gasteiger partial charge in [-0.15, -0.1) is 22.7 Å². The van der Waals surface area contributed by atoms with Gasteiger partial charge in [0.25, 0.3) is 0 Å². The van der Waals surface area contributed by atoms with Gasteiger partial charge >= 0.3 is 5.97 Å². The van der Waals surface area contributed by atoms with Crippen molar-refractivity contribution >= 4 is 58.1 Å². The van der Waals surface area contributed by atoms with Crippen LogP contribution in [0.15, 0.2) is 48.0 Å². The maximum absolute atomic E-state index is 14.9. The van der Waals surface area contributed by atoms with Crippen LogP contribution in [0.5, 0.6) is 5.75 Å². The highest BCUT2D eigenvalue weighted by Gasteiger charge is 2.27. The monoisotopic (exact) mass is 619 g/mol. The van der Waals surface area contributed by atoms with Crippen LogP contribution in [0.3, 0.4) is 0 Å². The third-order valence-electron chi connectivity index (χ3n) is 6.00. The fourth-order valence-electron chi connectivity index (χ4n) is 4.11. The van der Waals surface area contributed by atoms with Gasteiger partial charge in [0.05, 0.1) is 12.3 Å². The van der Waals surface area contributed by atoms with Gasteiger partial charge < -0.3 is 19.5 Å². The lowest BCUT2D eigenvalue weighted by molar-refractivity contribution is 0.0697. The standard InChI is InChI=1S/C28H32FN3O4P2S2/c1-16(2)12-23-24(17-7-8-20(28(29,37)38)21(14-17)36-10-9-35-4)31-27(40-23)32(3)25-19(26(33)34)13-18(15-30-25)22-6-5-11-39-22/h5-8,11,13-16H,9-10,12,37-38H2,1-4H3,(H,33,34). The molecule has 4 rings (SSSR count). The first kappa shape index (κ1) is 30.5. The number of carboxylic acids is 1. The number of ether oxygens (including phenoxy) is 2. The second-order valence-corrected chi connectivity index (χ2v) is 14.0. The number of nitrogens with zero attached hydrogens (tertiary/aromatic N) is 3. The molecule has 7 nitrogen and oxygen atoms in total. The molecular weight excluding hydrogens is 587 g/mol. The SMILES string of the molecule is COCCOc1cc(-c2nc(N(C)c3ncc(-c4cccs4)cc3C(=O)O)sc2CC(C)C)ccc1C(F)(P)P. The third-order valence-corrected chi connectivity index (χ3v) is 8.70. The Labute approximate surface area is 246 Å². The number of methoxy groups -OCH3 is 1. The summed E-state index contributed by atoms with van der Waals surface area (Å²) in [6.07, 6.45) is 2.45. The molecule has 212 valence electrons. The summed E-state index contributed by atoms with van der Waals surface area (Å²) in [6, 6.07) is 10.8. The van der Waals surface area contributed by atoms with Crippen molar-refractivity contribution in [1.29, 1.82) is 0 Å². The molecule has 40 heavy (non-hydrogen) atoms. The van der Waals surface area contributed by atoms with Gasteiger partial charge in [-0.1, -0.05) is 50.5 Å². The zero-order valence-corrected chi connectivity index (χ0v) is 26.6. The van der Waals surface area contributed by atoms with Crippen LogP contribution in [0.1, 0.15) is 34.6 Å². The van der Waals surface area contributed by atoms with Gasteiger partial charge in [0, 0.05) is 46.8 Å². The van der Waals surface area contributed by atoms with E-state index in [1.54, 1.807) is 43.5 Å². The zero-order chi connectivity index (χ0) is 29.0. The number of hydrogen-bond donors (Lipinski definition) is 1. The Morgan fingerprint density at radius 2 is 1.98 bits per heavy atom. The first-order valence-corrected chi connectivity index (χ1v) is 15.4. The number of thiophene rings is 1. The average molecular weight is 620 g/mol. The second kappa shape index (κ2) is 13.0. The van der Waals surface area contributed by atoms with Crippen molar-refractivity contribution in [3.05, 3.63) is 64.0 Å². The Kier molecular flexibility index (Phi) is 9.91. The largest absolute Gasteiger partial charge is 0.491 e. The van der Waals surface area contributed by atoms with Crippen LogP contribution in [0.4, 0.5) is 15.3 Å². The second-order valence-electron chi connectivity index (χ2n) is 9.62. The molecule has 3 aromatic heterocycles. The van der Waals surface area contributed by atoms with Crippen molar-refractivity contribution in [3.63, 3.8) is 0 Å². The highest BCUT2D eigenvalue weighted by molar-refractivity contribution is 7.38. The van der Waals surface area contributed by atoms with Gasteiger partial charge in [-0.05, 0) is 35.9 Å². The van der Waals surface area contributed by atoms with Gasteiger partial charge in [-0.3, -0.25) is 0 Å². The lowest BCUT2D eigenvalue weighted by Crippen LogP contribution is -2.16. The van der Waals surface area contributed by atoms with Crippen LogP contribution in [0.25, 0.3) is 21.7 Å². The fourth-order valence-corrected chi connectivity index (χ4v) is 6.55. The molecule has 1 aromatic carbocycles. The maximum Gasteiger partial charge on any atom is 0.339 e. The number of alkyl halides is 1. The molecule has 1 N–H and O–H groups in total. The van der Waals surface area contributed by atoms with E-state index >= 15 is 0 Å². The Morgan fingerprint density at radius 1 is 1.20 bits per heavy atom. The number of aromatic carboxylic acids is 1. The van der Waals surface area contributed by atoms with E-state index in [2.05, 4.69) is 37.3 Å². The van der Waals surface area contributed by atoms with Crippen molar-refractivity contribution < 1.29 is 23.8 Å². The van der Waals surface area contributed by atoms with Crippen LogP contribution in [0.2, 0.25) is 0 Å². The molecule has 0 aliphatic carbocycles. The minimum Gasteiger partial charge on any atom is -0.491 e. The van der Waals surface area contributed by atoms with E-state index in [0.717, 1.165) is 33.0 Å². The van der Waals surface area contributed by atoms with E-state index in [1.807, 2.05) is 23.6 Å². The van der Waals surface area contributed by atoms with Crippen LogP contribution in [0, 0.1) is 5.92 Å². The van der Waals surface area contributed by atoms with Crippen LogP contribution >= 0.6 is 41.2 Å². The van der Waals surface area contributed by atoms with E-state index in [9.17, 15) is 14.3 Å². The van der Waals surface area contributed by atoms with Crippen molar-refractivity contribution in [2.24, 2.45) is 5.92 Å². The molecule has 0 aliphatic rings. The molecular formula is C28H32FN3O4P2S2. The van der Waals surface area contributed by atoms with Gasteiger partial charge in [0.1, 0.15) is 23.7 Å². The number of benzene rings is 1. The molecule has 0 radical (unpaired) electrons. The summed E-state index contributed by atoms with van der Waals surface area (Å²) >= 11 is 3.01. The number of pyridine rings is 1. The smallest absolute Gasteiger partial charge is 0.339 e. The average Bonchev–Trinajstić information content (AvgIpc) is 3.58. The first-order valence-electron chi connectivity index (χ1n) is 12.5.